The highest BCUT2D eigenvalue weighted by Crippen LogP contribution is 2.16. The van der Waals surface area contributed by atoms with Crippen LogP contribution in [-0.4, -0.2) is 37.2 Å². The van der Waals surface area contributed by atoms with Crippen molar-refractivity contribution in [3.8, 4) is 0 Å². The molecule has 0 heterocycles. The minimum Gasteiger partial charge on any atom is -0.462 e. The van der Waals surface area contributed by atoms with Crippen LogP contribution in [0.15, 0.2) is 97.2 Å². The molecule has 6 nitrogen and oxygen atoms in total. The Balaban J connectivity index is 4.42. The number of ether oxygens (including phenoxy) is 3. The lowest BCUT2D eigenvalue weighted by atomic mass is 10.0. The molecule has 0 amide bonds. The molecule has 0 rings (SSSR count). The number of unbranched alkanes of at least 4 members (excludes halogenated alkanes) is 26. The first-order valence-corrected chi connectivity index (χ1v) is 28.3. The van der Waals surface area contributed by atoms with Crippen molar-refractivity contribution in [2.75, 3.05) is 13.2 Å². The van der Waals surface area contributed by atoms with Crippen LogP contribution in [0.5, 0.6) is 0 Å². The molecular weight excluding hydrogens is 841 g/mol. The number of hydrogen-bond acceptors (Lipinski definition) is 6. The van der Waals surface area contributed by atoms with Gasteiger partial charge in [0.2, 0.25) is 0 Å². The maximum absolute atomic E-state index is 12.9. The van der Waals surface area contributed by atoms with Gasteiger partial charge in [-0.25, -0.2) is 0 Å². The van der Waals surface area contributed by atoms with E-state index >= 15 is 0 Å². The summed E-state index contributed by atoms with van der Waals surface area (Å²) in [5.74, 6) is -0.945. The molecule has 0 spiro atoms. The van der Waals surface area contributed by atoms with E-state index in [1.54, 1.807) is 0 Å². The molecule has 0 bridgehead atoms. The smallest absolute Gasteiger partial charge is 0.306 e. The Labute approximate surface area is 419 Å². The molecule has 0 aromatic carbocycles. The third-order valence-electron chi connectivity index (χ3n) is 11.9. The molecule has 6 heteroatoms. The molecule has 1 unspecified atom stereocenters. The van der Waals surface area contributed by atoms with E-state index in [4.69, 9.17) is 14.2 Å². The summed E-state index contributed by atoms with van der Waals surface area (Å²) < 4.78 is 16.8. The molecule has 0 radical (unpaired) electrons. The van der Waals surface area contributed by atoms with Gasteiger partial charge in [-0.3, -0.25) is 14.4 Å². The van der Waals surface area contributed by atoms with Crippen LogP contribution in [0.1, 0.15) is 258 Å². The second-order valence-corrected chi connectivity index (χ2v) is 18.5. The molecule has 0 aromatic heterocycles. The summed E-state index contributed by atoms with van der Waals surface area (Å²) >= 11 is 0. The van der Waals surface area contributed by atoms with Crippen LogP contribution in [0, 0.1) is 0 Å². The number of carbonyl (C=O) groups is 3. The maximum Gasteiger partial charge on any atom is 0.306 e. The van der Waals surface area contributed by atoms with Gasteiger partial charge < -0.3 is 14.2 Å². The van der Waals surface area contributed by atoms with Gasteiger partial charge in [-0.2, -0.15) is 0 Å². The number of carbonyl (C=O) groups excluding carboxylic acids is 3. The SMILES string of the molecule is CC/C=C/C=C/C=C/C=C/CCCCCC(=O)OCC(COC(=O)CCCCCCCC/C=C/C/C=C/C/C=C/C/C=C/CC)OC(=O)CCCCCCCCCCCCCCCCCCCC. The standard InChI is InChI=1S/C62H104O6/c1-4-7-10-13-16-19-22-25-27-29-31-33-34-37-40-43-46-49-52-55-61(64)67-58-59(57-66-60(63)54-51-48-45-42-39-36-24-21-18-15-12-9-6-3)68-62(65)56-53-50-47-44-41-38-35-32-30-28-26-23-20-17-14-11-8-5-2/h7,9-10,12,15-16,18-19,21,24-25,27,31,33,36,39,59H,4-6,8,11,13-14,17,20,22-23,26,28-30,32,34-35,37-38,40-58H2,1-3H3/b10-7+,12-9+,18-15+,19-16+,24-21+,27-25+,33-31+,39-36+. The van der Waals surface area contributed by atoms with E-state index in [1.165, 1.54) is 109 Å². The monoisotopic (exact) mass is 945 g/mol. The second kappa shape index (κ2) is 55.9. The quantitative estimate of drug-likeness (QED) is 0.0199. The van der Waals surface area contributed by atoms with Gasteiger partial charge in [-0.05, 0) is 77.0 Å². The molecule has 0 aromatic rings. The van der Waals surface area contributed by atoms with E-state index in [0.717, 1.165) is 109 Å². The van der Waals surface area contributed by atoms with Gasteiger partial charge in [-0.15, -0.1) is 0 Å². The van der Waals surface area contributed by atoms with E-state index < -0.39 is 6.10 Å². The number of rotatable bonds is 50. The van der Waals surface area contributed by atoms with Crippen molar-refractivity contribution < 1.29 is 28.6 Å². The van der Waals surface area contributed by atoms with Crippen molar-refractivity contribution in [2.24, 2.45) is 0 Å². The Kier molecular flexibility index (Phi) is 52.9. The Bertz CT molecular complexity index is 1360. The van der Waals surface area contributed by atoms with Crippen molar-refractivity contribution in [1.82, 2.24) is 0 Å². The zero-order valence-electron chi connectivity index (χ0n) is 44.3. The van der Waals surface area contributed by atoms with Crippen LogP contribution in [0.3, 0.4) is 0 Å². The molecule has 0 aliphatic carbocycles. The first-order chi connectivity index (χ1) is 33.5. The molecule has 0 saturated carbocycles. The molecule has 68 heavy (non-hydrogen) atoms. The van der Waals surface area contributed by atoms with Crippen molar-refractivity contribution in [1.29, 1.82) is 0 Å². The Morgan fingerprint density at radius 2 is 0.647 bits per heavy atom. The summed E-state index contributed by atoms with van der Waals surface area (Å²) in [6, 6.07) is 0. The number of allylic oxidation sites excluding steroid dienone is 16. The third kappa shape index (κ3) is 53.3. The minimum absolute atomic E-state index is 0.0969. The fraction of sp³-hybridized carbons (Fsp3) is 0.694. The molecule has 0 fully saturated rings. The molecule has 0 aliphatic heterocycles. The van der Waals surface area contributed by atoms with E-state index in [9.17, 15) is 14.4 Å². The zero-order valence-corrected chi connectivity index (χ0v) is 44.3. The summed E-state index contributed by atoms with van der Waals surface area (Å²) in [5.41, 5.74) is 0. The van der Waals surface area contributed by atoms with Gasteiger partial charge in [0.25, 0.3) is 0 Å². The summed E-state index contributed by atoms with van der Waals surface area (Å²) in [4.78, 5) is 38.1. The van der Waals surface area contributed by atoms with Gasteiger partial charge >= 0.3 is 17.9 Å². The maximum atomic E-state index is 12.9. The molecule has 1 atom stereocenters. The summed E-state index contributed by atoms with van der Waals surface area (Å²) in [5, 5.41) is 0. The lowest BCUT2D eigenvalue weighted by Gasteiger charge is -2.18. The average Bonchev–Trinajstić information content (AvgIpc) is 3.34. The van der Waals surface area contributed by atoms with Crippen LogP contribution < -0.4 is 0 Å². The highest BCUT2D eigenvalue weighted by Gasteiger charge is 2.19. The van der Waals surface area contributed by atoms with Crippen LogP contribution in [0.4, 0.5) is 0 Å². The highest BCUT2D eigenvalue weighted by molar-refractivity contribution is 5.71. The fourth-order valence-electron chi connectivity index (χ4n) is 7.74. The Morgan fingerprint density at radius 3 is 1.09 bits per heavy atom. The van der Waals surface area contributed by atoms with Gasteiger partial charge in [0, 0.05) is 19.3 Å². The Hall–Kier alpha value is -3.67. The fourth-order valence-corrected chi connectivity index (χ4v) is 7.74. The summed E-state index contributed by atoms with van der Waals surface area (Å²) in [6.07, 6.45) is 74.0. The van der Waals surface area contributed by atoms with E-state index in [0.29, 0.717) is 19.3 Å². The lowest BCUT2D eigenvalue weighted by Crippen LogP contribution is -2.30. The normalized spacial score (nSPS) is 12.8. The summed E-state index contributed by atoms with van der Waals surface area (Å²) in [6.45, 7) is 6.35. The number of esters is 3. The van der Waals surface area contributed by atoms with Crippen LogP contribution in [0.25, 0.3) is 0 Å². The minimum atomic E-state index is -0.799. The van der Waals surface area contributed by atoms with Gasteiger partial charge in [0.1, 0.15) is 13.2 Å². The third-order valence-corrected chi connectivity index (χ3v) is 11.9. The van der Waals surface area contributed by atoms with Crippen LogP contribution >= 0.6 is 0 Å². The first-order valence-electron chi connectivity index (χ1n) is 28.3. The van der Waals surface area contributed by atoms with Gasteiger partial charge in [0.05, 0.1) is 0 Å². The second-order valence-electron chi connectivity index (χ2n) is 18.5. The van der Waals surface area contributed by atoms with Crippen molar-refractivity contribution in [3.63, 3.8) is 0 Å². The predicted octanol–water partition coefficient (Wildman–Crippen LogP) is 18.9. The van der Waals surface area contributed by atoms with Gasteiger partial charge in [-0.1, -0.05) is 259 Å². The lowest BCUT2D eigenvalue weighted by molar-refractivity contribution is -0.167. The molecular formula is C62H104O6. The largest absolute Gasteiger partial charge is 0.462 e. The van der Waals surface area contributed by atoms with E-state index in [1.807, 2.05) is 30.4 Å². The predicted molar refractivity (Wildman–Crippen MR) is 293 cm³/mol. The van der Waals surface area contributed by atoms with Crippen LogP contribution in [-0.2, 0) is 28.6 Å². The highest BCUT2D eigenvalue weighted by atomic mass is 16.6. The average molecular weight is 946 g/mol. The number of hydrogen-bond donors (Lipinski definition) is 0. The topological polar surface area (TPSA) is 78.9 Å². The summed E-state index contributed by atoms with van der Waals surface area (Å²) in [7, 11) is 0. The zero-order chi connectivity index (χ0) is 49.3. The molecule has 0 aliphatic rings. The Morgan fingerprint density at radius 1 is 0.324 bits per heavy atom. The van der Waals surface area contributed by atoms with Crippen molar-refractivity contribution >= 4 is 17.9 Å². The molecule has 0 saturated heterocycles. The molecule has 388 valence electrons. The van der Waals surface area contributed by atoms with E-state index in [2.05, 4.69) is 87.6 Å². The van der Waals surface area contributed by atoms with Gasteiger partial charge in [0.15, 0.2) is 6.10 Å². The molecule has 0 N–H and O–H groups in total. The van der Waals surface area contributed by atoms with Crippen LogP contribution in [0.2, 0.25) is 0 Å². The van der Waals surface area contributed by atoms with E-state index in [-0.39, 0.29) is 31.1 Å². The first kappa shape index (κ1) is 64.3. The van der Waals surface area contributed by atoms with Crippen molar-refractivity contribution in [3.05, 3.63) is 97.2 Å². The van der Waals surface area contributed by atoms with Crippen molar-refractivity contribution in [2.45, 2.75) is 264 Å².